The van der Waals surface area contributed by atoms with E-state index in [2.05, 4.69) is 61.7 Å². The summed E-state index contributed by atoms with van der Waals surface area (Å²) in [5.74, 6) is 2.07. The Kier molecular flexibility index (Phi) is 4.32. The van der Waals surface area contributed by atoms with E-state index in [1.807, 2.05) is 6.20 Å². The summed E-state index contributed by atoms with van der Waals surface area (Å²) in [4.78, 5) is 5.17. The monoisotopic (exact) mass is 453 g/mol. The van der Waals surface area contributed by atoms with E-state index in [0.717, 1.165) is 42.8 Å². The number of benzene rings is 1. The van der Waals surface area contributed by atoms with Crippen LogP contribution in [0.25, 0.3) is 16.8 Å². The number of aromatic nitrogens is 3. The summed E-state index contributed by atoms with van der Waals surface area (Å²) in [6.45, 7) is 7.26. The van der Waals surface area contributed by atoms with Crippen LogP contribution in [0.5, 0.6) is 0 Å². The first-order chi connectivity index (χ1) is 16.4. The van der Waals surface area contributed by atoms with Crippen molar-refractivity contribution in [1.82, 2.24) is 14.6 Å². The van der Waals surface area contributed by atoms with Crippen LogP contribution in [-0.4, -0.2) is 25.8 Å². The van der Waals surface area contributed by atoms with E-state index in [0.29, 0.717) is 11.8 Å². The Morgan fingerprint density at radius 1 is 1.00 bits per heavy atom. The summed E-state index contributed by atoms with van der Waals surface area (Å²) in [5.41, 5.74) is 9.38. The Labute approximate surface area is 202 Å². The molecule has 0 saturated heterocycles. The van der Waals surface area contributed by atoms with E-state index in [1.54, 1.807) is 5.57 Å². The van der Waals surface area contributed by atoms with Gasteiger partial charge in [-0.1, -0.05) is 55.8 Å². The molecule has 6 atom stereocenters. The fraction of sp³-hybridized carbons (Fsp3) is 0.533. The molecule has 3 aromatic rings. The van der Waals surface area contributed by atoms with Crippen LogP contribution in [0.4, 0.5) is 0 Å². The van der Waals surface area contributed by atoms with Crippen molar-refractivity contribution in [2.45, 2.75) is 77.2 Å². The number of aliphatic hydroxyl groups is 1. The van der Waals surface area contributed by atoms with Crippen molar-refractivity contribution < 1.29 is 5.11 Å². The standard InChI is InChI=1S/C30H35N3O/c1-18-27-26(33-28(32-18)23(17-31-33)19-7-5-4-6-8-19)16-25-22-10-9-20-15-21(34)11-13-29(20,2)24(22)12-14-30(25,27)3/h4-9,17,21-22,24-25,34H,10-16H2,1-3H3/t21-,22+,24-,25-,29-,30-/m0/s1. The number of aliphatic hydroxyl groups excluding tert-OH is 1. The average Bonchev–Trinajstić information content (AvgIpc) is 3.39. The smallest absolute Gasteiger partial charge is 0.163 e. The molecular formula is C30H35N3O. The van der Waals surface area contributed by atoms with Gasteiger partial charge in [0.1, 0.15) is 0 Å². The first-order valence-electron chi connectivity index (χ1n) is 13.2. The molecule has 2 saturated carbocycles. The molecule has 0 unspecified atom stereocenters. The van der Waals surface area contributed by atoms with Gasteiger partial charge in [-0.25, -0.2) is 9.50 Å². The quantitative estimate of drug-likeness (QED) is 0.457. The highest BCUT2D eigenvalue weighted by molar-refractivity contribution is 5.77. The fourth-order valence-electron chi connectivity index (χ4n) is 8.79. The Morgan fingerprint density at radius 2 is 1.79 bits per heavy atom. The SMILES string of the molecule is Cc1nc2c(-c3ccccc3)cnn2c2c1[C@@]1(C)CC[C@H]3[C@@H](CC=C4C[C@@H](O)CC[C@@]43C)[C@@H]1C2. The molecule has 4 aliphatic carbocycles. The first-order valence-corrected chi connectivity index (χ1v) is 13.2. The van der Waals surface area contributed by atoms with Crippen molar-refractivity contribution >= 4 is 5.65 Å². The molecule has 0 radical (unpaired) electrons. The van der Waals surface area contributed by atoms with Crippen molar-refractivity contribution in [2.75, 3.05) is 0 Å². The molecule has 0 bridgehead atoms. The largest absolute Gasteiger partial charge is 0.393 e. The first kappa shape index (κ1) is 20.9. The van der Waals surface area contributed by atoms with Gasteiger partial charge in [0.2, 0.25) is 0 Å². The molecule has 4 heteroatoms. The summed E-state index contributed by atoms with van der Waals surface area (Å²) in [7, 11) is 0. The van der Waals surface area contributed by atoms with Gasteiger partial charge in [-0.2, -0.15) is 5.10 Å². The topological polar surface area (TPSA) is 50.4 Å². The van der Waals surface area contributed by atoms with E-state index < -0.39 is 0 Å². The Morgan fingerprint density at radius 3 is 2.62 bits per heavy atom. The minimum absolute atomic E-state index is 0.138. The van der Waals surface area contributed by atoms with Crippen LogP contribution >= 0.6 is 0 Å². The van der Waals surface area contributed by atoms with Gasteiger partial charge in [-0.05, 0) is 86.0 Å². The van der Waals surface area contributed by atoms with Gasteiger partial charge in [-0.15, -0.1) is 0 Å². The third-order valence-corrected chi connectivity index (χ3v) is 10.5. The van der Waals surface area contributed by atoms with Crippen molar-refractivity contribution in [3.05, 3.63) is 65.1 Å². The maximum atomic E-state index is 10.3. The molecule has 4 nitrogen and oxygen atoms in total. The van der Waals surface area contributed by atoms with E-state index in [1.165, 1.54) is 41.8 Å². The maximum absolute atomic E-state index is 10.3. The lowest BCUT2D eigenvalue weighted by Crippen LogP contribution is -2.51. The minimum atomic E-state index is -0.138. The summed E-state index contributed by atoms with van der Waals surface area (Å²) in [6.07, 6.45) is 12.2. The van der Waals surface area contributed by atoms with Crippen LogP contribution in [0.2, 0.25) is 0 Å². The van der Waals surface area contributed by atoms with Gasteiger partial charge in [0.15, 0.2) is 5.65 Å². The molecule has 2 heterocycles. The highest BCUT2D eigenvalue weighted by Crippen LogP contribution is 2.64. The molecule has 1 aromatic carbocycles. The minimum Gasteiger partial charge on any atom is -0.393 e. The second-order valence-corrected chi connectivity index (χ2v) is 12.0. The number of allylic oxidation sites excluding steroid dienone is 1. The van der Waals surface area contributed by atoms with E-state index >= 15 is 0 Å². The second kappa shape index (κ2) is 7.04. The van der Waals surface area contributed by atoms with Gasteiger partial charge in [0, 0.05) is 16.8 Å². The van der Waals surface area contributed by atoms with Gasteiger partial charge >= 0.3 is 0 Å². The molecule has 0 spiro atoms. The molecule has 1 N–H and O–H groups in total. The van der Waals surface area contributed by atoms with Gasteiger partial charge in [-0.3, -0.25) is 0 Å². The number of hydrogen-bond acceptors (Lipinski definition) is 3. The fourth-order valence-corrected chi connectivity index (χ4v) is 8.79. The summed E-state index contributed by atoms with van der Waals surface area (Å²) >= 11 is 0. The van der Waals surface area contributed by atoms with Crippen LogP contribution in [0.3, 0.4) is 0 Å². The van der Waals surface area contributed by atoms with Gasteiger partial charge in [0.25, 0.3) is 0 Å². The molecule has 34 heavy (non-hydrogen) atoms. The average molecular weight is 454 g/mol. The van der Waals surface area contributed by atoms with Crippen LogP contribution in [-0.2, 0) is 11.8 Å². The predicted molar refractivity (Wildman–Crippen MR) is 135 cm³/mol. The summed E-state index contributed by atoms with van der Waals surface area (Å²) in [5, 5.41) is 15.2. The second-order valence-electron chi connectivity index (χ2n) is 12.0. The van der Waals surface area contributed by atoms with Crippen LogP contribution in [0, 0.1) is 30.1 Å². The highest BCUT2D eigenvalue weighted by atomic mass is 16.3. The molecule has 4 aliphatic rings. The highest BCUT2D eigenvalue weighted by Gasteiger charge is 2.58. The van der Waals surface area contributed by atoms with Crippen molar-refractivity contribution in [1.29, 1.82) is 0 Å². The van der Waals surface area contributed by atoms with Crippen molar-refractivity contribution in [3.8, 4) is 11.1 Å². The molecule has 0 aliphatic heterocycles. The van der Waals surface area contributed by atoms with Gasteiger partial charge in [0.05, 0.1) is 18.0 Å². The molecule has 176 valence electrons. The van der Waals surface area contributed by atoms with Crippen LogP contribution in [0.1, 0.15) is 69.3 Å². The number of hydrogen-bond donors (Lipinski definition) is 1. The Bertz CT molecular complexity index is 1320. The zero-order chi connectivity index (χ0) is 23.2. The molecule has 0 amide bonds. The van der Waals surface area contributed by atoms with Crippen molar-refractivity contribution in [3.63, 3.8) is 0 Å². The maximum Gasteiger partial charge on any atom is 0.163 e. The zero-order valence-electron chi connectivity index (χ0n) is 20.6. The Balaban J connectivity index is 1.33. The summed E-state index contributed by atoms with van der Waals surface area (Å²) in [6, 6.07) is 10.5. The lowest BCUT2D eigenvalue weighted by atomic mass is 9.47. The Hall–Kier alpha value is -2.46. The molecule has 2 fully saturated rings. The molecule has 2 aromatic heterocycles. The van der Waals surface area contributed by atoms with E-state index in [-0.39, 0.29) is 16.9 Å². The number of nitrogens with zero attached hydrogens (tertiary/aromatic N) is 3. The lowest BCUT2D eigenvalue weighted by molar-refractivity contribution is -0.0165. The normalized spacial score (nSPS) is 36.4. The third kappa shape index (κ3) is 2.64. The van der Waals surface area contributed by atoms with Crippen molar-refractivity contribution in [2.24, 2.45) is 23.2 Å². The lowest BCUT2D eigenvalue weighted by Gasteiger charge is -2.57. The van der Waals surface area contributed by atoms with E-state index in [9.17, 15) is 5.11 Å². The summed E-state index contributed by atoms with van der Waals surface area (Å²) < 4.78 is 2.17. The number of aryl methyl sites for hydroxylation is 1. The molecular weight excluding hydrogens is 418 g/mol. The number of rotatable bonds is 1. The van der Waals surface area contributed by atoms with Crippen LogP contribution in [0.15, 0.2) is 48.2 Å². The predicted octanol–water partition coefficient (Wildman–Crippen LogP) is 6.04. The van der Waals surface area contributed by atoms with Crippen LogP contribution < -0.4 is 0 Å². The van der Waals surface area contributed by atoms with E-state index in [4.69, 9.17) is 10.1 Å². The third-order valence-electron chi connectivity index (χ3n) is 10.5. The zero-order valence-corrected chi connectivity index (χ0v) is 20.6. The number of fused-ring (bicyclic) bond motifs is 9. The molecule has 7 rings (SSSR count). The van der Waals surface area contributed by atoms with Gasteiger partial charge < -0.3 is 5.11 Å².